The molecule has 1 heterocycles. The Morgan fingerprint density at radius 2 is 2.05 bits per heavy atom. The Hall–Kier alpha value is -2.36. The number of allylic oxidation sites excluding steroid dienone is 2. The minimum atomic E-state index is -0.303. The average Bonchev–Trinajstić information content (AvgIpc) is 3.25. The van der Waals surface area contributed by atoms with E-state index in [9.17, 15) is 9.59 Å². The standard InChI is InChI=1S/C18H16O4/c19-15(17-9-13-3-1-2-4-16(13)22-17)10-21-18(20)14-8-11-5-6-12(14)7-11/h1-6,9,11-12,14H,7-8,10H2. The third-order valence-corrected chi connectivity index (χ3v) is 4.63. The maximum atomic E-state index is 12.1. The lowest BCUT2D eigenvalue weighted by Crippen LogP contribution is -2.24. The lowest BCUT2D eigenvalue weighted by Gasteiger charge is -2.15. The molecule has 1 aromatic carbocycles. The van der Waals surface area contributed by atoms with Crippen molar-refractivity contribution in [2.75, 3.05) is 6.61 Å². The summed E-state index contributed by atoms with van der Waals surface area (Å²) >= 11 is 0. The lowest BCUT2D eigenvalue weighted by molar-refractivity contribution is -0.148. The van der Waals surface area contributed by atoms with Crippen LogP contribution in [0.25, 0.3) is 11.0 Å². The van der Waals surface area contributed by atoms with Gasteiger partial charge in [0.25, 0.3) is 0 Å². The van der Waals surface area contributed by atoms with Gasteiger partial charge in [0.15, 0.2) is 12.4 Å². The zero-order valence-electron chi connectivity index (χ0n) is 12.0. The number of ether oxygens (including phenoxy) is 1. The molecular weight excluding hydrogens is 280 g/mol. The summed E-state index contributed by atoms with van der Waals surface area (Å²) in [5.74, 6) is 0.386. The van der Waals surface area contributed by atoms with E-state index in [1.807, 2.05) is 18.2 Å². The summed E-state index contributed by atoms with van der Waals surface area (Å²) in [7, 11) is 0. The van der Waals surface area contributed by atoms with Crippen molar-refractivity contribution in [3.05, 3.63) is 48.2 Å². The molecule has 2 aliphatic carbocycles. The molecule has 2 bridgehead atoms. The smallest absolute Gasteiger partial charge is 0.310 e. The highest BCUT2D eigenvalue weighted by atomic mass is 16.5. The number of hydrogen-bond acceptors (Lipinski definition) is 4. The Morgan fingerprint density at radius 1 is 1.18 bits per heavy atom. The van der Waals surface area contributed by atoms with Crippen molar-refractivity contribution in [2.24, 2.45) is 17.8 Å². The normalized spacial score (nSPS) is 25.7. The predicted molar refractivity (Wildman–Crippen MR) is 80.3 cm³/mol. The van der Waals surface area contributed by atoms with Gasteiger partial charge in [-0.1, -0.05) is 30.4 Å². The van der Waals surface area contributed by atoms with Crippen LogP contribution in [-0.2, 0) is 9.53 Å². The molecule has 2 aromatic rings. The van der Waals surface area contributed by atoms with Crippen LogP contribution >= 0.6 is 0 Å². The van der Waals surface area contributed by atoms with Gasteiger partial charge < -0.3 is 9.15 Å². The molecule has 4 nitrogen and oxygen atoms in total. The zero-order valence-corrected chi connectivity index (χ0v) is 12.0. The highest BCUT2D eigenvalue weighted by Gasteiger charge is 2.40. The Balaban J connectivity index is 1.40. The Kier molecular flexibility index (Phi) is 3.10. The Labute approximate surface area is 127 Å². The van der Waals surface area contributed by atoms with Crippen LogP contribution in [-0.4, -0.2) is 18.4 Å². The predicted octanol–water partition coefficient (Wildman–Crippen LogP) is 3.37. The summed E-state index contributed by atoms with van der Waals surface area (Å²) in [6.45, 7) is -0.254. The first-order chi connectivity index (χ1) is 10.7. The number of ketones is 1. The summed E-state index contributed by atoms with van der Waals surface area (Å²) in [5, 5.41) is 0.871. The summed E-state index contributed by atoms with van der Waals surface area (Å²) in [6.07, 6.45) is 6.16. The van der Waals surface area contributed by atoms with Crippen molar-refractivity contribution < 1.29 is 18.7 Å². The van der Waals surface area contributed by atoms with Gasteiger partial charge in [-0.15, -0.1) is 0 Å². The number of rotatable bonds is 4. The molecule has 112 valence electrons. The third-order valence-electron chi connectivity index (χ3n) is 4.63. The summed E-state index contributed by atoms with van der Waals surface area (Å²) in [5.41, 5.74) is 0.662. The van der Waals surface area contributed by atoms with E-state index in [1.54, 1.807) is 12.1 Å². The molecule has 4 heteroatoms. The monoisotopic (exact) mass is 296 g/mol. The average molecular weight is 296 g/mol. The fourth-order valence-electron chi connectivity index (χ4n) is 3.49. The number of hydrogen-bond donors (Lipinski definition) is 0. The van der Waals surface area contributed by atoms with E-state index in [1.165, 1.54) is 0 Å². The SMILES string of the molecule is O=C(COC(=O)C1CC2C=CC1C2)c1cc2ccccc2o1. The van der Waals surface area contributed by atoms with Crippen LogP contribution in [0.4, 0.5) is 0 Å². The van der Waals surface area contributed by atoms with Crippen molar-refractivity contribution in [1.82, 2.24) is 0 Å². The van der Waals surface area contributed by atoms with Crippen LogP contribution in [0.5, 0.6) is 0 Å². The van der Waals surface area contributed by atoms with Gasteiger partial charge in [-0.25, -0.2) is 0 Å². The lowest BCUT2D eigenvalue weighted by atomic mass is 9.94. The number of fused-ring (bicyclic) bond motifs is 3. The molecule has 22 heavy (non-hydrogen) atoms. The Bertz CT molecular complexity index is 737. The number of carbonyl (C=O) groups is 2. The van der Waals surface area contributed by atoms with Gasteiger partial charge in [0, 0.05) is 5.39 Å². The fraction of sp³-hybridized carbons (Fsp3) is 0.333. The van der Waals surface area contributed by atoms with E-state index in [2.05, 4.69) is 12.2 Å². The third kappa shape index (κ3) is 2.25. The number of furan rings is 1. The molecule has 1 aromatic heterocycles. The van der Waals surface area contributed by atoms with E-state index >= 15 is 0 Å². The van der Waals surface area contributed by atoms with Crippen molar-refractivity contribution in [1.29, 1.82) is 0 Å². The van der Waals surface area contributed by atoms with Gasteiger partial charge in [-0.3, -0.25) is 9.59 Å². The van der Waals surface area contributed by atoms with E-state index < -0.39 is 0 Å². The van der Waals surface area contributed by atoms with Crippen molar-refractivity contribution in [3.63, 3.8) is 0 Å². The van der Waals surface area contributed by atoms with Crippen LogP contribution in [0.2, 0.25) is 0 Å². The summed E-state index contributed by atoms with van der Waals surface area (Å²) < 4.78 is 10.7. The molecule has 0 aliphatic heterocycles. The van der Waals surface area contributed by atoms with E-state index in [-0.39, 0.29) is 30.0 Å². The zero-order chi connectivity index (χ0) is 15.1. The van der Waals surface area contributed by atoms with E-state index in [4.69, 9.17) is 9.15 Å². The van der Waals surface area contributed by atoms with Gasteiger partial charge in [0.2, 0.25) is 5.78 Å². The first kappa shape index (κ1) is 13.3. The molecule has 2 aliphatic rings. The van der Waals surface area contributed by atoms with Crippen LogP contribution in [0.15, 0.2) is 46.9 Å². The van der Waals surface area contributed by atoms with Gasteiger partial charge in [0.05, 0.1) is 5.92 Å². The Morgan fingerprint density at radius 3 is 2.77 bits per heavy atom. The minimum Gasteiger partial charge on any atom is -0.457 e. The highest BCUT2D eigenvalue weighted by Crippen LogP contribution is 2.43. The molecule has 1 fully saturated rings. The molecule has 0 saturated heterocycles. The first-order valence-corrected chi connectivity index (χ1v) is 7.57. The second-order valence-corrected chi connectivity index (χ2v) is 6.07. The van der Waals surface area contributed by atoms with Crippen LogP contribution in [0.1, 0.15) is 23.4 Å². The second kappa shape index (κ2) is 5.13. The van der Waals surface area contributed by atoms with Crippen LogP contribution in [0.3, 0.4) is 0 Å². The fourth-order valence-corrected chi connectivity index (χ4v) is 3.49. The molecule has 4 rings (SSSR count). The van der Waals surface area contributed by atoms with Crippen LogP contribution < -0.4 is 0 Å². The molecule has 0 N–H and O–H groups in total. The molecule has 0 spiro atoms. The highest BCUT2D eigenvalue weighted by molar-refractivity contribution is 5.99. The topological polar surface area (TPSA) is 56.5 Å². The quantitative estimate of drug-likeness (QED) is 0.493. The molecular formula is C18H16O4. The second-order valence-electron chi connectivity index (χ2n) is 6.07. The number of para-hydroxylation sites is 1. The molecule has 3 atom stereocenters. The summed E-state index contributed by atoms with van der Waals surface area (Å²) in [6, 6.07) is 9.10. The number of Topliss-reactive ketones (excluding diaryl/α,β-unsaturated/α-hetero) is 1. The number of esters is 1. The van der Waals surface area contributed by atoms with Gasteiger partial charge in [-0.2, -0.15) is 0 Å². The van der Waals surface area contributed by atoms with Crippen molar-refractivity contribution >= 4 is 22.7 Å². The van der Waals surface area contributed by atoms with E-state index in [0.717, 1.165) is 18.2 Å². The van der Waals surface area contributed by atoms with Gasteiger partial charge in [0.1, 0.15) is 5.58 Å². The molecule has 0 amide bonds. The first-order valence-electron chi connectivity index (χ1n) is 7.57. The molecule has 3 unspecified atom stereocenters. The molecule has 0 radical (unpaired) electrons. The number of carbonyl (C=O) groups excluding carboxylic acids is 2. The van der Waals surface area contributed by atoms with Crippen LogP contribution in [0, 0.1) is 17.8 Å². The maximum Gasteiger partial charge on any atom is 0.310 e. The van der Waals surface area contributed by atoms with Crippen molar-refractivity contribution in [3.8, 4) is 0 Å². The van der Waals surface area contributed by atoms with E-state index in [0.29, 0.717) is 17.4 Å². The summed E-state index contributed by atoms with van der Waals surface area (Å²) in [4.78, 5) is 24.2. The van der Waals surface area contributed by atoms with Gasteiger partial charge >= 0.3 is 5.97 Å². The molecule has 1 saturated carbocycles. The maximum absolute atomic E-state index is 12.1. The minimum absolute atomic E-state index is 0.0847. The van der Waals surface area contributed by atoms with Gasteiger partial charge in [-0.05, 0) is 36.8 Å². The van der Waals surface area contributed by atoms with Crippen molar-refractivity contribution in [2.45, 2.75) is 12.8 Å². The largest absolute Gasteiger partial charge is 0.457 e. The number of benzene rings is 1.